The average molecular weight is 312 g/mol. The first-order valence-corrected chi connectivity index (χ1v) is 8.71. The second kappa shape index (κ2) is 6.77. The van der Waals surface area contributed by atoms with Crippen molar-refractivity contribution in [2.75, 3.05) is 27.7 Å². The average Bonchev–Trinajstić information content (AvgIpc) is 2.42. The van der Waals surface area contributed by atoms with Crippen LogP contribution in [0.2, 0.25) is 0 Å². The van der Waals surface area contributed by atoms with Gasteiger partial charge < -0.3 is 10.1 Å². The van der Waals surface area contributed by atoms with Gasteiger partial charge in [-0.2, -0.15) is 0 Å². The Bertz CT molecular complexity index is 583. The Balaban J connectivity index is 2.23. The predicted octanol–water partition coefficient (Wildman–Crippen LogP) is 1.84. The fourth-order valence-electron chi connectivity index (χ4n) is 2.56. The maximum Gasteiger partial charge on any atom is 0.242 e. The van der Waals surface area contributed by atoms with Gasteiger partial charge in [0.15, 0.2) is 0 Å². The summed E-state index contributed by atoms with van der Waals surface area (Å²) in [6.07, 6.45) is 3.48. The summed E-state index contributed by atoms with van der Waals surface area (Å²) in [5.74, 6) is 1.21. The predicted molar refractivity (Wildman–Crippen MR) is 82.9 cm³/mol. The number of nitrogens with zero attached hydrogens (tertiary/aromatic N) is 1. The maximum atomic E-state index is 12.6. The van der Waals surface area contributed by atoms with Gasteiger partial charge in [0.1, 0.15) is 5.75 Å². The molecule has 1 aromatic rings. The van der Waals surface area contributed by atoms with Gasteiger partial charge in [-0.3, -0.25) is 0 Å². The van der Waals surface area contributed by atoms with Gasteiger partial charge in [0.05, 0.1) is 12.0 Å². The van der Waals surface area contributed by atoms with E-state index in [1.54, 1.807) is 32.4 Å². The highest BCUT2D eigenvalue weighted by Gasteiger charge is 2.27. The molecule has 0 amide bonds. The number of hydrogen-bond donors (Lipinski definition) is 1. The molecule has 1 N–H and O–H groups in total. The molecule has 1 aliphatic rings. The molecule has 1 aromatic carbocycles. The molecule has 0 radical (unpaired) electrons. The summed E-state index contributed by atoms with van der Waals surface area (Å²) in [7, 11) is 1.65. The molecule has 1 saturated carbocycles. The Labute approximate surface area is 127 Å². The minimum Gasteiger partial charge on any atom is -0.496 e. The van der Waals surface area contributed by atoms with E-state index in [2.05, 4.69) is 5.32 Å². The highest BCUT2D eigenvalue weighted by Crippen LogP contribution is 2.29. The molecule has 2 rings (SSSR count). The van der Waals surface area contributed by atoms with Crippen LogP contribution < -0.4 is 10.1 Å². The number of nitrogens with one attached hydrogen (secondary N) is 1. The van der Waals surface area contributed by atoms with E-state index in [9.17, 15) is 8.42 Å². The Morgan fingerprint density at radius 1 is 1.38 bits per heavy atom. The summed E-state index contributed by atoms with van der Waals surface area (Å²) >= 11 is 0. The molecule has 0 unspecified atom stereocenters. The standard InChI is InChI=1S/C15H24N2O3S/c1-16-10-13-9-14(7-8-15(13)20-3)21(18,19)17(2)11-12-5-4-6-12/h7-9,12,16H,4-6,10-11H2,1-3H3. The Morgan fingerprint density at radius 3 is 2.62 bits per heavy atom. The third-order valence-corrected chi connectivity index (χ3v) is 5.89. The molecular formula is C15H24N2O3S. The zero-order valence-corrected chi connectivity index (χ0v) is 13.7. The number of rotatable bonds is 7. The van der Waals surface area contributed by atoms with Gasteiger partial charge in [0.25, 0.3) is 0 Å². The number of benzene rings is 1. The van der Waals surface area contributed by atoms with Crippen molar-refractivity contribution in [2.45, 2.75) is 30.7 Å². The van der Waals surface area contributed by atoms with Crippen molar-refractivity contribution in [3.63, 3.8) is 0 Å². The van der Waals surface area contributed by atoms with Crippen molar-refractivity contribution >= 4 is 10.0 Å². The lowest BCUT2D eigenvalue weighted by atomic mass is 9.86. The van der Waals surface area contributed by atoms with Crippen LogP contribution in [0.15, 0.2) is 23.1 Å². The maximum absolute atomic E-state index is 12.6. The first-order valence-electron chi connectivity index (χ1n) is 7.27. The van der Waals surface area contributed by atoms with E-state index in [0.717, 1.165) is 18.4 Å². The second-order valence-corrected chi connectivity index (χ2v) is 7.63. The lowest BCUT2D eigenvalue weighted by Gasteiger charge is -2.29. The molecule has 5 nitrogen and oxygen atoms in total. The number of hydrogen-bond acceptors (Lipinski definition) is 4. The van der Waals surface area contributed by atoms with Gasteiger partial charge in [-0.15, -0.1) is 0 Å². The third-order valence-electron chi connectivity index (χ3n) is 4.07. The van der Waals surface area contributed by atoms with E-state index in [1.165, 1.54) is 10.7 Å². The molecule has 0 spiro atoms. The van der Waals surface area contributed by atoms with Crippen molar-refractivity contribution in [3.8, 4) is 5.75 Å². The van der Waals surface area contributed by atoms with Gasteiger partial charge in [-0.05, 0) is 44.0 Å². The number of sulfonamides is 1. The van der Waals surface area contributed by atoms with Crippen LogP contribution in [-0.2, 0) is 16.6 Å². The van der Waals surface area contributed by atoms with Gasteiger partial charge in [-0.1, -0.05) is 6.42 Å². The molecule has 0 aliphatic heterocycles. The Hall–Kier alpha value is -1.11. The molecule has 1 fully saturated rings. The highest BCUT2D eigenvalue weighted by atomic mass is 32.2. The molecular weight excluding hydrogens is 288 g/mol. The zero-order valence-electron chi connectivity index (χ0n) is 12.9. The SMILES string of the molecule is CNCc1cc(S(=O)(=O)N(C)CC2CCC2)ccc1OC. The van der Waals surface area contributed by atoms with Crippen molar-refractivity contribution in [3.05, 3.63) is 23.8 Å². The molecule has 0 aromatic heterocycles. The number of ether oxygens (including phenoxy) is 1. The van der Waals surface area contributed by atoms with E-state index in [4.69, 9.17) is 4.74 Å². The van der Waals surface area contributed by atoms with Crippen LogP contribution in [-0.4, -0.2) is 40.5 Å². The van der Waals surface area contributed by atoms with Crippen LogP contribution in [0.4, 0.5) is 0 Å². The lowest BCUT2D eigenvalue weighted by molar-refractivity contribution is 0.263. The van der Waals surface area contributed by atoms with Crippen LogP contribution in [0.1, 0.15) is 24.8 Å². The van der Waals surface area contributed by atoms with Gasteiger partial charge in [-0.25, -0.2) is 12.7 Å². The van der Waals surface area contributed by atoms with Crippen LogP contribution in [0, 0.1) is 5.92 Å². The largest absolute Gasteiger partial charge is 0.496 e. The monoisotopic (exact) mass is 312 g/mol. The van der Waals surface area contributed by atoms with Crippen molar-refractivity contribution in [1.82, 2.24) is 9.62 Å². The van der Waals surface area contributed by atoms with Crippen molar-refractivity contribution in [1.29, 1.82) is 0 Å². The summed E-state index contributed by atoms with van der Waals surface area (Å²) in [4.78, 5) is 0.329. The minimum absolute atomic E-state index is 0.329. The van der Waals surface area contributed by atoms with Crippen LogP contribution >= 0.6 is 0 Å². The Kier molecular flexibility index (Phi) is 5.24. The lowest BCUT2D eigenvalue weighted by Crippen LogP contribution is -2.34. The third kappa shape index (κ3) is 3.56. The molecule has 1 aliphatic carbocycles. The van der Waals surface area contributed by atoms with E-state index < -0.39 is 10.0 Å². The zero-order chi connectivity index (χ0) is 15.5. The van der Waals surface area contributed by atoms with Gasteiger partial charge in [0, 0.05) is 25.7 Å². The first kappa shape index (κ1) is 16.3. The normalized spacial score (nSPS) is 16.0. The fraction of sp³-hybridized carbons (Fsp3) is 0.600. The summed E-state index contributed by atoms with van der Waals surface area (Å²) in [6.45, 7) is 1.18. The van der Waals surface area contributed by atoms with Crippen molar-refractivity contribution in [2.24, 2.45) is 5.92 Å². The van der Waals surface area contributed by atoms with Gasteiger partial charge in [0.2, 0.25) is 10.0 Å². The highest BCUT2D eigenvalue weighted by molar-refractivity contribution is 7.89. The summed E-state index contributed by atoms with van der Waals surface area (Å²) in [5.41, 5.74) is 0.845. The molecule has 6 heteroatoms. The van der Waals surface area contributed by atoms with E-state index >= 15 is 0 Å². The Morgan fingerprint density at radius 2 is 2.10 bits per heavy atom. The van der Waals surface area contributed by atoms with E-state index in [1.807, 2.05) is 7.05 Å². The van der Waals surface area contributed by atoms with Crippen molar-refractivity contribution < 1.29 is 13.2 Å². The smallest absolute Gasteiger partial charge is 0.242 e. The molecule has 0 atom stereocenters. The topological polar surface area (TPSA) is 58.6 Å². The first-order chi connectivity index (χ1) is 9.98. The molecule has 0 heterocycles. The summed E-state index contributed by atoms with van der Waals surface area (Å²) in [5, 5.41) is 3.03. The molecule has 118 valence electrons. The van der Waals surface area contributed by atoms with Crippen LogP contribution in [0.5, 0.6) is 5.75 Å². The van der Waals surface area contributed by atoms with Crippen LogP contribution in [0.25, 0.3) is 0 Å². The van der Waals surface area contributed by atoms with E-state index in [-0.39, 0.29) is 0 Å². The second-order valence-electron chi connectivity index (χ2n) is 5.59. The quantitative estimate of drug-likeness (QED) is 0.834. The van der Waals surface area contributed by atoms with Gasteiger partial charge >= 0.3 is 0 Å². The van der Waals surface area contributed by atoms with Crippen LogP contribution in [0.3, 0.4) is 0 Å². The molecule has 21 heavy (non-hydrogen) atoms. The fourth-order valence-corrected chi connectivity index (χ4v) is 3.86. The van der Waals surface area contributed by atoms with E-state index in [0.29, 0.717) is 29.7 Å². The minimum atomic E-state index is -3.43. The number of methoxy groups -OCH3 is 1. The molecule has 0 bridgehead atoms. The molecule has 0 saturated heterocycles. The summed E-state index contributed by atoms with van der Waals surface area (Å²) in [6, 6.07) is 5.03. The summed E-state index contributed by atoms with van der Waals surface area (Å²) < 4.78 is 32.0.